The molecule has 11 heavy (non-hydrogen) atoms. The average Bonchev–Trinajstić information content (AvgIpc) is 2.27. The molecule has 2 amide bonds. The third-order valence-corrected chi connectivity index (χ3v) is 1.51. The van der Waals surface area contributed by atoms with Crippen molar-refractivity contribution in [2.75, 3.05) is 13.1 Å². The number of hydrogen-bond donors (Lipinski definition) is 2. The lowest BCUT2D eigenvalue weighted by Crippen LogP contribution is -2.44. The molecular weight excluding hydrogens is 148 g/mol. The van der Waals surface area contributed by atoms with E-state index in [0.717, 1.165) is 0 Å². The van der Waals surface area contributed by atoms with E-state index in [2.05, 4.69) is 15.8 Å². The van der Waals surface area contributed by atoms with Crippen LogP contribution in [-0.4, -0.2) is 35.8 Å². The second kappa shape index (κ2) is 1.94. The summed E-state index contributed by atoms with van der Waals surface area (Å²) < 4.78 is 0. The zero-order chi connectivity index (χ0) is 7.84. The van der Waals surface area contributed by atoms with Gasteiger partial charge >= 0.3 is 0 Å². The Hall–Kier alpha value is -1.59. The maximum absolute atomic E-state index is 10.7. The predicted octanol–water partition coefficient (Wildman–Crippen LogP) is -2.18. The van der Waals surface area contributed by atoms with Crippen LogP contribution in [0.25, 0.3) is 0 Å². The standard InChI is InChI=1S/C5H6N4O2/c10-3-1-9-2-4(11)7-8-5(9)6-3/h1-2H2,(H,7,11)(H,6,8,10). The number of nitrogens with one attached hydrogen (secondary N) is 2. The maximum atomic E-state index is 10.7. The van der Waals surface area contributed by atoms with Crippen molar-refractivity contribution >= 4 is 17.8 Å². The molecule has 0 atom stereocenters. The number of carbonyl (C=O) groups is 2. The summed E-state index contributed by atoms with van der Waals surface area (Å²) in [6.45, 7) is 0.434. The van der Waals surface area contributed by atoms with Crippen LogP contribution < -0.4 is 10.7 Å². The molecule has 0 aromatic carbocycles. The number of hydrogen-bond acceptors (Lipinski definition) is 4. The summed E-state index contributed by atoms with van der Waals surface area (Å²) in [5.74, 6) is 0.125. The molecule has 0 radical (unpaired) electrons. The van der Waals surface area contributed by atoms with Crippen LogP contribution in [0.15, 0.2) is 5.10 Å². The van der Waals surface area contributed by atoms with E-state index in [0.29, 0.717) is 5.96 Å². The van der Waals surface area contributed by atoms with Crippen molar-refractivity contribution in [1.29, 1.82) is 0 Å². The molecule has 0 aromatic heterocycles. The number of amides is 2. The van der Waals surface area contributed by atoms with Gasteiger partial charge in [0, 0.05) is 0 Å². The number of carbonyl (C=O) groups excluding carboxylic acids is 2. The Morgan fingerprint density at radius 1 is 1.27 bits per heavy atom. The Kier molecular flexibility index (Phi) is 1.09. The summed E-state index contributed by atoms with van der Waals surface area (Å²) in [5, 5.41) is 6.13. The van der Waals surface area contributed by atoms with Crippen molar-refractivity contribution in [2.45, 2.75) is 0 Å². The van der Waals surface area contributed by atoms with Crippen LogP contribution in [0.3, 0.4) is 0 Å². The van der Waals surface area contributed by atoms with E-state index >= 15 is 0 Å². The van der Waals surface area contributed by atoms with Crippen molar-refractivity contribution in [2.24, 2.45) is 5.10 Å². The van der Waals surface area contributed by atoms with Crippen LogP contribution >= 0.6 is 0 Å². The first kappa shape index (κ1) is 6.14. The third kappa shape index (κ3) is 0.917. The van der Waals surface area contributed by atoms with E-state index in [1.54, 1.807) is 4.90 Å². The average molecular weight is 154 g/mol. The van der Waals surface area contributed by atoms with Crippen LogP contribution in [0.1, 0.15) is 0 Å². The fourth-order valence-corrected chi connectivity index (χ4v) is 1.04. The summed E-state index contributed by atoms with van der Waals surface area (Å²) in [6.07, 6.45) is 0. The van der Waals surface area contributed by atoms with E-state index in [1.165, 1.54) is 0 Å². The molecule has 1 fully saturated rings. The van der Waals surface area contributed by atoms with E-state index in [1.807, 2.05) is 0 Å². The highest BCUT2D eigenvalue weighted by molar-refractivity contribution is 6.06. The molecule has 2 heterocycles. The van der Waals surface area contributed by atoms with Gasteiger partial charge in [0.15, 0.2) is 0 Å². The Bertz CT molecular complexity index is 257. The number of guanidine groups is 1. The molecule has 0 bridgehead atoms. The lowest BCUT2D eigenvalue weighted by atomic mass is 10.5. The van der Waals surface area contributed by atoms with Gasteiger partial charge in [-0.3, -0.25) is 14.9 Å². The van der Waals surface area contributed by atoms with Crippen molar-refractivity contribution in [3.05, 3.63) is 0 Å². The highest BCUT2D eigenvalue weighted by Crippen LogP contribution is 2.00. The largest absolute Gasteiger partial charge is 0.322 e. The van der Waals surface area contributed by atoms with Crippen LogP contribution in [0.5, 0.6) is 0 Å². The Morgan fingerprint density at radius 3 is 2.82 bits per heavy atom. The van der Waals surface area contributed by atoms with Gasteiger partial charge in [0.05, 0.1) is 0 Å². The van der Waals surface area contributed by atoms with Gasteiger partial charge in [0.1, 0.15) is 13.1 Å². The molecule has 2 rings (SSSR count). The molecule has 2 N–H and O–H groups in total. The summed E-state index contributed by atoms with van der Waals surface area (Å²) in [7, 11) is 0. The second-order valence-corrected chi connectivity index (χ2v) is 2.37. The molecule has 58 valence electrons. The van der Waals surface area contributed by atoms with Gasteiger partial charge in [0.2, 0.25) is 11.9 Å². The van der Waals surface area contributed by atoms with Gasteiger partial charge in [0.25, 0.3) is 5.91 Å². The minimum absolute atomic E-state index is 0.125. The van der Waals surface area contributed by atoms with Crippen LogP contribution in [0.4, 0.5) is 0 Å². The zero-order valence-electron chi connectivity index (χ0n) is 5.63. The molecule has 6 nitrogen and oxygen atoms in total. The molecule has 2 aliphatic heterocycles. The quantitative estimate of drug-likeness (QED) is 0.416. The minimum atomic E-state index is -0.190. The lowest BCUT2D eigenvalue weighted by molar-refractivity contribution is -0.122. The highest BCUT2D eigenvalue weighted by Gasteiger charge is 2.29. The van der Waals surface area contributed by atoms with Crippen LogP contribution in [0, 0.1) is 0 Å². The molecule has 6 heteroatoms. The minimum Gasteiger partial charge on any atom is -0.322 e. The molecule has 1 saturated heterocycles. The first-order valence-electron chi connectivity index (χ1n) is 3.17. The summed E-state index contributed by atoms with van der Waals surface area (Å²) >= 11 is 0. The number of nitrogens with zero attached hydrogens (tertiary/aromatic N) is 2. The first-order valence-corrected chi connectivity index (χ1v) is 3.17. The molecule has 2 aliphatic rings. The molecular formula is C5H6N4O2. The molecule has 0 aromatic rings. The van der Waals surface area contributed by atoms with E-state index < -0.39 is 0 Å². The fraction of sp³-hybridized carbons (Fsp3) is 0.400. The van der Waals surface area contributed by atoms with Gasteiger partial charge < -0.3 is 4.90 Å². The topological polar surface area (TPSA) is 73.8 Å². The van der Waals surface area contributed by atoms with Crippen molar-refractivity contribution < 1.29 is 9.59 Å². The summed E-state index contributed by atoms with van der Waals surface area (Å²) in [5.41, 5.74) is 2.27. The molecule has 0 aliphatic carbocycles. The van der Waals surface area contributed by atoms with E-state index in [9.17, 15) is 9.59 Å². The third-order valence-electron chi connectivity index (χ3n) is 1.51. The fourth-order valence-electron chi connectivity index (χ4n) is 1.04. The molecule has 0 saturated carbocycles. The normalized spacial score (nSPS) is 22.2. The predicted molar refractivity (Wildman–Crippen MR) is 35.3 cm³/mol. The van der Waals surface area contributed by atoms with Crippen LogP contribution in [0.2, 0.25) is 0 Å². The number of rotatable bonds is 0. The second-order valence-electron chi connectivity index (χ2n) is 2.37. The first-order chi connectivity index (χ1) is 5.25. The van der Waals surface area contributed by atoms with E-state index in [-0.39, 0.29) is 24.9 Å². The van der Waals surface area contributed by atoms with Gasteiger partial charge in [-0.2, -0.15) is 0 Å². The van der Waals surface area contributed by atoms with Crippen molar-refractivity contribution in [3.63, 3.8) is 0 Å². The van der Waals surface area contributed by atoms with Crippen molar-refractivity contribution in [1.82, 2.24) is 15.6 Å². The van der Waals surface area contributed by atoms with Gasteiger partial charge in [-0.25, -0.2) is 5.43 Å². The van der Waals surface area contributed by atoms with Gasteiger partial charge in [-0.15, -0.1) is 5.10 Å². The van der Waals surface area contributed by atoms with Crippen molar-refractivity contribution in [3.8, 4) is 0 Å². The Morgan fingerprint density at radius 2 is 2.00 bits per heavy atom. The van der Waals surface area contributed by atoms with Gasteiger partial charge in [-0.1, -0.05) is 0 Å². The Labute approximate surface area is 62.2 Å². The molecule has 0 unspecified atom stereocenters. The SMILES string of the molecule is O=C1CN2CC(=O)NC2=NN1. The number of fused-ring (bicyclic) bond motifs is 1. The monoisotopic (exact) mass is 154 g/mol. The maximum Gasteiger partial charge on any atom is 0.259 e. The summed E-state index contributed by atoms with van der Waals surface area (Å²) in [4.78, 5) is 23.0. The highest BCUT2D eigenvalue weighted by atomic mass is 16.2. The Balaban J connectivity index is 2.23. The molecule has 0 spiro atoms. The summed E-state index contributed by atoms with van der Waals surface area (Å²) in [6, 6.07) is 0. The van der Waals surface area contributed by atoms with Crippen LogP contribution in [-0.2, 0) is 9.59 Å². The van der Waals surface area contributed by atoms with Gasteiger partial charge in [-0.05, 0) is 0 Å². The smallest absolute Gasteiger partial charge is 0.259 e. The lowest BCUT2D eigenvalue weighted by Gasteiger charge is -2.18. The zero-order valence-corrected chi connectivity index (χ0v) is 5.63. The number of hydrazone groups is 1. The van der Waals surface area contributed by atoms with E-state index in [4.69, 9.17) is 0 Å².